The number of hydrogen-bond acceptors (Lipinski definition) is 6. The lowest BCUT2D eigenvalue weighted by atomic mass is 10.0. The first-order valence-electron chi connectivity index (χ1n) is 11.2. The zero-order chi connectivity index (χ0) is 26.2. The van der Waals surface area contributed by atoms with Crippen LogP contribution in [0.4, 0.5) is 0 Å². The number of rotatable bonds is 8. The third-order valence-electron chi connectivity index (χ3n) is 5.37. The molecule has 0 unspecified atom stereocenters. The number of nitrogens with zero attached hydrogens (tertiary/aromatic N) is 1. The van der Waals surface area contributed by atoms with Gasteiger partial charge in [-0.2, -0.15) is 5.10 Å². The van der Waals surface area contributed by atoms with Crippen molar-refractivity contribution in [2.75, 3.05) is 13.7 Å². The largest absolute Gasteiger partial charge is 0.497 e. The van der Waals surface area contributed by atoms with Gasteiger partial charge in [0, 0.05) is 9.13 Å². The number of fused-ring (bicyclic) bond motifs is 1. The van der Waals surface area contributed by atoms with Gasteiger partial charge in [0.1, 0.15) is 11.5 Å². The SMILES string of the molecule is COc1ccc(C(=O)Oc2ccc3ccccc3c2/C=N/NC(=O)CNC(=O)c2ccccc2I)cc1. The molecule has 37 heavy (non-hydrogen) atoms. The van der Waals surface area contributed by atoms with Crippen LogP contribution in [-0.2, 0) is 4.79 Å². The number of hydrogen-bond donors (Lipinski definition) is 2. The molecule has 4 aromatic rings. The van der Waals surface area contributed by atoms with Gasteiger partial charge >= 0.3 is 5.97 Å². The van der Waals surface area contributed by atoms with Crippen molar-refractivity contribution in [3.63, 3.8) is 0 Å². The molecular formula is C28H22IN3O5. The van der Waals surface area contributed by atoms with Crippen LogP contribution in [0.1, 0.15) is 26.3 Å². The van der Waals surface area contributed by atoms with Gasteiger partial charge in [0.15, 0.2) is 0 Å². The number of halogens is 1. The Morgan fingerprint density at radius 3 is 2.41 bits per heavy atom. The molecule has 0 atom stereocenters. The fraction of sp³-hybridized carbons (Fsp3) is 0.0714. The summed E-state index contributed by atoms with van der Waals surface area (Å²) in [5.41, 5.74) is 3.76. The minimum atomic E-state index is -0.546. The molecule has 0 bridgehead atoms. The minimum Gasteiger partial charge on any atom is -0.497 e. The van der Waals surface area contributed by atoms with Crippen LogP contribution in [0.3, 0.4) is 0 Å². The number of amides is 2. The Labute approximate surface area is 226 Å². The number of benzene rings is 4. The van der Waals surface area contributed by atoms with Crippen LogP contribution in [0.15, 0.2) is 90.0 Å². The van der Waals surface area contributed by atoms with E-state index in [0.717, 1.165) is 14.3 Å². The minimum absolute atomic E-state index is 0.254. The predicted octanol–water partition coefficient (Wildman–Crippen LogP) is 4.55. The van der Waals surface area contributed by atoms with Crippen LogP contribution in [0.25, 0.3) is 10.8 Å². The highest BCUT2D eigenvalue weighted by Crippen LogP contribution is 2.27. The van der Waals surface area contributed by atoms with Crippen LogP contribution >= 0.6 is 22.6 Å². The molecule has 0 fully saturated rings. The Morgan fingerprint density at radius 1 is 0.919 bits per heavy atom. The highest BCUT2D eigenvalue weighted by atomic mass is 127. The molecule has 4 rings (SSSR count). The van der Waals surface area contributed by atoms with E-state index in [1.165, 1.54) is 6.21 Å². The van der Waals surface area contributed by atoms with Gasteiger partial charge in [0.25, 0.3) is 11.8 Å². The molecule has 2 amide bonds. The van der Waals surface area contributed by atoms with E-state index in [1.807, 2.05) is 42.5 Å². The summed E-state index contributed by atoms with van der Waals surface area (Å²) in [6.45, 7) is -0.254. The van der Waals surface area contributed by atoms with Gasteiger partial charge in [-0.25, -0.2) is 10.2 Å². The second kappa shape index (κ2) is 12.1. The maximum atomic E-state index is 12.8. The molecule has 0 aliphatic heterocycles. The molecule has 0 radical (unpaired) electrons. The first-order chi connectivity index (χ1) is 18.0. The molecule has 0 spiro atoms. The van der Waals surface area contributed by atoms with E-state index >= 15 is 0 Å². The highest BCUT2D eigenvalue weighted by molar-refractivity contribution is 14.1. The predicted molar refractivity (Wildman–Crippen MR) is 149 cm³/mol. The van der Waals surface area contributed by atoms with E-state index in [2.05, 4.69) is 38.4 Å². The average molecular weight is 607 g/mol. The van der Waals surface area contributed by atoms with Crippen LogP contribution in [0.5, 0.6) is 11.5 Å². The number of methoxy groups -OCH3 is 1. The molecule has 186 valence electrons. The molecule has 0 aliphatic rings. The summed E-state index contributed by atoms with van der Waals surface area (Å²) in [6, 6.07) is 24.7. The fourth-order valence-corrected chi connectivity index (χ4v) is 4.13. The summed E-state index contributed by atoms with van der Waals surface area (Å²) in [5, 5.41) is 8.30. The molecule has 4 aromatic carbocycles. The summed E-state index contributed by atoms with van der Waals surface area (Å²) < 4.78 is 11.6. The van der Waals surface area contributed by atoms with Crippen molar-refractivity contribution in [3.8, 4) is 11.5 Å². The van der Waals surface area contributed by atoms with Gasteiger partial charge in [0.2, 0.25) is 0 Å². The number of hydrazone groups is 1. The van der Waals surface area contributed by atoms with Crippen molar-refractivity contribution < 1.29 is 23.9 Å². The van der Waals surface area contributed by atoms with Crippen molar-refractivity contribution >= 4 is 57.4 Å². The van der Waals surface area contributed by atoms with Crippen molar-refractivity contribution in [2.24, 2.45) is 5.10 Å². The molecular weight excluding hydrogens is 585 g/mol. The Kier molecular flexibility index (Phi) is 8.47. The normalized spacial score (nSPS) is 10.8. The van der Waals surface area contributed by atoms with Gasteiger partial charge in [0.05, 0.1) is 31.0 Å². The van der Waals surface area contributed by atoms with Crippen LogP contribution in [0, 0.1) is 3.57 Å². The van der Waals surface area contributed by atoms with E-state index in [1.54, 1.807) is 49.6 Å². The molecule has 0 saturated heterocycles. The van der Waals surface area contributed by atoms with E-state index < -0.39 is 11.9 Å². The van der Waals surface area contributed by atoms with Gasteiger partial charge < -0.3 is 14.8 Å². The van der Waals surface area contributed by atoms with Crippen molar-refractivity contribution in [1.82, 2.24) is 10.7 Å². The zero-order valence-corrected chi connectivity index (χ0v) is 21.9. The van der Waals surface area contributed by atoms with Gasteiger partial charge in [-0.15, -0.1) is 0 Å². The van der Waals surface area contributed by atoms with Crippen molar-refractivity contribution in [3.05, 3.63) is 105 Å². The second-order valence-corrected chi connectivity index (χ2v) is 8.93. The molecule has 8 nitrogen and oxygen atoms in total. The summed E-state index contributed by atoms with van der Waals surface area (Å²) in [7, 11) is 1.55. The maximum absolute atomic E-state index is 12.8. The third-order valence-corrected chi connectivity index (χ3v) is 6.31. The smallest absolute Gasteiger partial charge is 0.343 e. The van der Waals surface area contributed by atoms with E-state index in [9.17, 15) is 14.4 Å². The molecule has 9 heteroatoms. The lowest BCUT2D eigenvalue weighted by Gasteiger charge is -2.11. The summed E-state index contributed by atoms with van der Waals surface area (Å²) in [5.74, 6) is -0.502. The van der Waals surface area contributed by atoms with Gasteiger partial charge in [-0.1, -0.05) is 42.5 Å². The summed E-state index contributed by atoms with van der Waals surface area (Å²) in [4.78, 5) is 37.4. The highest BCUT2D eigenvalue weighted by Gasteiger charge is 2.14. The van der Waals surface area contributed by atoms with E-state index in [0.29, 0.717) is 22.4 Å². The Hall–Kier alpha value is -4.25. The Balaban J connectivity index is 1.47. The van der Waals surface area contributed by atoms with Gasteiger partial charge in [-0.05, 0) is 75.8 Å². The third kappa shape index (κ3) is 6.50. The topological polar surface area (TPSA) is 106 Å². The molecule has 0 aromatic heterocycles. The Bertz CT molecular complexity index is 1490. The average Bonchev–Trinajstić information content (AvgIpc) is 2.93. The number of carbonyl (C=O) groups excluding carboxylic acids is 3. The van der Waals surface area contributed by atoms with Crippen molar-refractivity contribution in [1.29, 1.82) is 0 Å². The second-order valence-electron chi connectivity index (χ2n) is 7.77. The molecule has 2 N–H and O–H groups in total. The lowest BCUT2D eigenvalue weighted by molar-refractivity contribution is -0.120. The van der Waals surface area contributed by atoms with Gasteiger partial charge in [-0.3, -0.25) is 9.59 Å². The fourth-order valence-electron chi connectivity index (χ4n) is 3.49. The number of carbonyl (C=O) groups is 3. The quantitative estimate of drug-likeness (QED) is 0.101. The standard InChI is InChI=1S/C28H22IN3O5/c1-36-20-13-10-19(11-14-20)28(35)37-25-15-12-18-6-2-3-7-21(18)23(25)16-31-32-26(33)17-30-27(34)22-8-4-5-9-24(22)29/h2-16H,17H2,1H3,(H,30,34)(H,32,33)/b31-16+. The first-order valence-corrected chi connectivity index (χ1v) is 12.3. The maximum Gasteiger partial charge on any atom is 0.343 e. The number of nitrogens with one attached hydrogen (secondary N) is 2. The molecule has 0 heterocycles. The van der Waals surface area contributed by atoms with Crippen molar-refractivity contribution in [2.45, 2.75) is 0 Å². The molecule has 0 saturated carbocycles. The van der Waals surface area contributed by atoms with E-state index in [-0.39, 0.29) is 18.2 Å². The number of ether oxygens (including phenoxy) is 2. The number of esters is 1. The zero-order valence-electron chi connectivity index (χ0n) is 19.7. The monoisotopic (exact) mass is 607 g/mol. The first kappa shape index (κ1) is 25.8. The lowest BCUT2D eigenvalue weighted by Crippen LogP contribution is -2.35. The molecule has 0 aliphatic carbocycles. The van der Waals surface area contributed by atoms with Crippen LogP contribution in [-0.4, -0.2) is 37.7 Å². The summed E-state index contributed by atoms with van der Waals surface area (Å²) >= 11 is 2.06. The van der Waals surface area contributed by atoms with Crippen LogP contribution in [0.2, 0.25) is 0 Å². The van der Waals surface area contributed by atoms with E-state index in [4.69, 9.17) is 9.47 Å². The van der Waals surface area contributed by atoms with Crippen LogP contribution < -0.4 is 20.2 Å². The Morgan fingerprint density at radius 2 is 1.65 bits per heavy atom. The summed E-state index contributed by atoms with van der Waals surface area (Å²) in [6.07, 6.45) is 1.42.